The van der Waals surface area contributed by atoms with Crippen molar-refractivity contribution in [1.82, 2.24) is 11.1 Å². The zero-order chi connectivity index (χ0) is 13.4. The van der Waals surface area contributed by atoms with Gasteiger partial charge in [-0.25, -0.2) is 4.98 Å². The SMILES string of the molecule is CCc1c(CC)c2cc3ccccc3nc2oc1=N.N. The van der Waals surface area contributed by atoms with Gasteiger partial charge in [-0.3, -0.25) is 5.41 Å². The molecule has 0 amide bonds. The predicted octanol–water partition coefficient (Wildman–Crippen LogP) is 3.75. The highest BCUT2D eigenvalue weighted by molar-refractivity contribution is 5.92. The Morgan fingerprint density at radius 2 is 1.80 bits per heavy atom. The summed E-state index contributed by atoms with van der Waals surface area (Å²) >= 11 is 0. The van der Waals surface area contributed by atoms with Gasteiger partial charge in [0.2, 0.25) is 11.3 Å². The van der Waals surface area contributed by atoms with E-state index < -0.39 is 0 Å². The summed E-state index contributed by atoms with van der Waals surface area (Å²) in [6, 6.07) is 10.1. The third kappa shape index (κ3) is 2.08. The van der Waals surface area contributed by atoms with Crippen LogP contribution >= 0.6 is 0 Å². The van der Waals surface area contributed by atoms with Gasteiger partial charge in [0, 0.05) is 16.3 Å². The number of benzene rings is 1. The van der Waals surface area contributed by atoms with E-state index in [4.69, 9.17) is 9.83 Å². The summed E-state index contributed by atoms with van der Waals surface area (Å²) in [6.45, 7) is 4.17. The first kappa shape index (κ1) is 14.2. The van der Waals surface area contributed by atoms with Crippen LogP contribution in [0, 0.1) is 5.41 Å². The second kappa shape index (κ2) is 5.43. The van der Waals surface area contributed by atoms with Crippen molar-refractivity contribution in [3.63, 3.8) is 0 Å². The van der Waals surface area contributed by atoms with Crippen LogP contribution in [0.5, 0.6) is 0 Å². The molecule has 0 atom stereocenters. The van der Waals surface area contributed by atoms with Crippen LogP contribution in [0.4, 0.5) is 0 Å². The lowest BCUT2D eigenvalue weighted by atomic mass is 10.0. The number of hydrogen-bond acceptors (Lipinski definition) is 4. The highest BCUT2D eigenvalue weighted by Gasteiger charge is 2.11. The zero-order valence-electron chi connectivity index (χ0n) is 11.9. The van der Waals surface area contributed by atoms with Crippen LogP contribution in [0.25, 0.3) is 22.0 Å². The summed E-state index contributed by atoms with van der Waals surface area (Å²) in [6.07, 6.45) is 1.70. The molecule has 1 aromatic carbocycles. The number of nitrogens with one attached hydrogen (secondary N) is 1. The third-order valence-corrected chi connectivity index (χ3v) is 3.56. The quantitative estimate of drug-likeness (QED) is 0.695. The normalized spacial score (nSPS) is 10.7. The Morgan fingerprint density at radius 1 is 1.10 bits per heavy atom. The van der Waals surface area contributed by atoms with Crippen molar-refractivity contribution in [2.24, 2.45) is 0 Å². The van der Waals surface area contributed by atoms with E-state index in [-0.39, 0.29) is 11.7 Å². The molecule has 0 bridgehead atoms. The average Bonchev–Trinajstić information content (AvgIpc) is 2.43. The van der Waals surface area contributed by atoms with E-state index in [2.05, 4.69) is 31.0 Å². The molecule has 4 N–H and O–H groups in total. The van der Waals surface area contributed by atoms with E-state index in [0.29, 0.717) is 5.71 Å². The van der Waals surface area contributed by atoms with E-state index in [9.17, 15) is 0 Å². The van der Waals surface area contributed by atoms with Crippen molar-refractivity contribution in [2.45, 2.75) is 26.7 Å². The lowest BCUT2D eigenvalue weighted by Crippen LogP contribution is -2.11. The van der Waals surface area contributed by atoms with Crippen LogP contribution < -0.4 is 11.7 Å². The standard InChI is InChI=1S/C16H16N2O.H3N/c1-3-11-12(4-2)15(17)19-16-13(11)9-10-7-5-6-8-14(10)18-16;/h5-9,17H,3-4H2,1-2H3;1H3. The van der Waals surface area contributed by atoms with Gasteiger partial charge in [0.05, 0.1) is 5.52 Å². The zero-order valence-corrected chi connectivity index (χ0v) is 11.9. The van der Waals surface area contributed by atoms with Crippen LogP contribution in [-0.4, -0.2) is 4.98 Å². The maximum Gasteiger partial charge on any atom is 0.229 e. The Morgan fingerprint density at radius 3 is 2.50 bits per heavy atom. The summed E-state index contributed by atoms with van der Waals surface area (Å²) in [5.41, 5.74) is 3.90. The first-order valence-electron chi connectivity index (χ1n) is 6.63. The van der Waals surface area contributed by atoms with Gasteiger partial charge in [-0.2, -0.15) is 0 Å². The molecule has 0 aliphatic carbocycles. The van der Waals surface area contributed by atoms with E-state index in [0.717, 1.165) is 34.7 Å². The molecule has 0 saturated heterocycles. The molecule has 0 aliphatic rings. The number of aromatic nitrogens is 1. The number of pyridine rings is 1. The molecule has 4 heteroatoms. The molecule has 0 unspecified atom stereocenters. The number of rotatable bonds is 2. The Kier molecular flexibility index (Phi) is 3.86. The molecule has 2 aromatic heterocycles. The first-order valence-corrected chi connectivity index (χ1v) is 6.63. The van der Waals surface area contributed by atoms with Crippen molar-refractivity contribution in [3.8, 4) is 0 Å². The Bertz CT molecular complexity index is 821. The largest absolute Gasteiger partial charge is 0.420 e. The Hall–Kier alpha value is -2.20. The molecule has 3 aromatic rings. The number of para-hydroxylation sites is 1. The van der Waals surface area contributed by atoms with Gasteiger partial charge in [-0.05, 0) is 30.5 Å². The minimum absolute atomic E-state index is 0. The predicted molar refractivity (Wildman–Crippen MR) is 81.1 cm³/mol. The van der Waals surface area contributed by atoms with E-state index in [1.165, 1.54) is 5.56 Å². The molecular formula is C16H19N3O. The van der Waals surface area contributed by atoms with Gasteiger partial charge in [0.25, 0.3) is 0 Å². The van der Waals surface area contributed by atoms with Crippen LogP contribution in [0.15, 0.2) is 34.7 Å². The average molecular weight is 269 g/mol. The number of nitrogens with zero attached hydrogens (tertiary/aromatic N) is 1. The molecule has 4 nitrogen and oxygen atoms in total. The molecule has 0 fully saturated rings. The highest BCUT2D eigenvalue weighted by Crippen LogP contribution is 2.24. The molecule has 0 radical (unpaired) electrons. The maximum absolute atomic E-state index is 8.00. The number of hydrogen-bond donors (Lipinski definition) is 2. The van der Waals surface area contributed by atoms with Gasteiger partial charge in [0.15, 0.2) is 0 Å². The van der Waals surface area contributed by atoms with Gasteiger partial charge in [0.1, 0.15) is 0 Å². The summed E-state index contributed by atoms with van der Waals surface area (Å²) in [5, 5.41) is 10.1. The van der Waals surface area contributed by atoms with Crippen molar-refractivity contribution in [2.75, 3.05) is 0 Å². The molecule has 3 rings (SSSR count). The van der Waals surface area contributed by atoms with Crippen LogP contribution in [0.3, 0.4) is 0 Å². The fourth-order valence-corrected chi connectivity index (χ4v) is 2.63. The van der Waals surface area contributed by atoms with Gasteiger partial charge < -0.3 is 10.6 Å². The van der Waals surface area contributed by atoms with Crippen LogP contribution in [0.1, 0.15) is 25.0 Å². The number of aryl methyl sites for hydroxylation is 1. The highest BCUT2D eigenvalue weighted by atomic mass is 16.3. The molecule has 0 spiro atoms. The van der Waals surface area contributed by atoms with Crippen molar-refractivity contribution < 1.29 is 4.42 Å². The number of fused-ring (bicyclic) bond motifs is 2. The lowest BCUT2D eigenvalue weighted by molar-refractivity contribution is 0.512. The van der Waals surface area contributed by atoms with Crippen LogP contribution in [0.2, 0.25) is 0 Å². The van der Waals surface area contributed by atoms with E-state index >= 15 is 0 Å². The fourth-order valence-electron chi connectivity index (χ4n) is 2.63. The molecule has 0 saturated carbocycles. The summed E-state index contributed by atoms with van der Waals surface area (Å²) < 4.78 is 5.59. The topological polar surface area (TPSA) is 84.9 Å². The summed E-state index contributed by atoms with van der Waals surface area (Å²) in [5.74, 6) is 0. The van der Waals surface area contributed by atoms with Crippen molar-refractivity contribution in [1.29, 1.82) is 5.41 Å². The third-order valence-electron chi connectivity index (χ3n) is 3.56. The van der Waals surface area contributed by atoms with E-state index in [1.807, 2.05) is 18.2 Å². The Balaban J connectivity index is 0.00000147. The molecule has 2 heterocycles. The molecular weight excluding hydrogens is 250 g/mol. The summed E-state index contributed by atoms with van der Waals surface area (Å²) in [7, 11) is 0. The maximum atomic E-state index is 8.00. The minimum atomic E-state index is 0. The fraction of sp³-hybridized carbons (Fsp3) is 0.250. The van der Waals surface area contributed by atoms with E-state index in [1.54, 1.807) is 0 Å². The van der Waals surface area contributed by atoms with Crippen molar-refractivity contribution in [3.05, 3.63) is 47.0 Å². The monoisotopic (exact) mass is 269 g/mol. The second-order valence-electron chi connectivity index (χ2n) is 4.63. The van der Waals surface area contributed by atoms with Crippen LogP contribution in [-0.2, 0) is 12.8 Å². The lowest BCUT2D eigenvalue weighted by Gasteiger charge is -2.09. The summed E-state index contributed by atoms with van der Waals surface area (Å²) in [4.78, 5) is 4.54. The smallest absolute Gasteiger partial charge is 0.229 e. The second-order valence-corrected chi connectivity index (χ2v) is 4.63. The van der Waals surface area contributed by atoms with Gasteiger partial charge in [-0.1, -0.05) is 32.0 Å². The first-order chi connectivity index (χ1) is 9.24. The molecule has 104 valence electrons. The van der Waals surface area contributed by atoms with Crippen molar-refractivity contribution >= 4 is 22.0 Å². The Labute approximate surface area is 117 Å². The molecule has 0 aliphatic heterocycles. The molecule has 20 heavy (non-hydrogen) atoms. The van der Waals surface area contributed by atoms with Gasteiger partial charge in [-0.15, -0.1) is 0 Å². The minimum Gasteiger partial charge on any atom is -0.420 e. The van der Waals surface area contributed by atoms with Gasteiger partial charge >= 0.3 is 0 Å².